The Morgan fingerprint density at radius 3 is 2.77 bits per heavy atom. The first-order chi connectivity index (χ1) is 12.6. The lowest BCUT2D eigenvalue weighted by atomic mass is 9.97. The number of carbonyl (C=O) groups is 2. The van der Waals surface area contributed by atoms with E-state index in [0.29, 0.717) is 13.1 Å². The normalized spacial score (nSPS) is 20.5. The largest absolute Gasteiger partial charge is 0.351 e. The minimum absolute atomic E-state index is 0.0559. The molecule has 2 saturated heterocycles. The number of primary amides is 1. The number of benzene rings is 1. The van der Waals surface area contributed by atoms with Gasteiger partial charge >= 0.3 is 6.03 Å². The molecular weight excluding hydrogens is 350 g/mol. The van der Waals surface area contributed by atoms with Gasteiger partial charge in [0.2, 0.25) is 5.91 Å². The number of piperidine rings is 1. The van der Waals surface area contributed by atoms with E-state index in [2.05, 4.69) is 10.2 Å². The second-order valence-corrected chi connectivity index (χ2v) is 7.99. The van der Waals surface area contributed by atoms with Crippen molar-refractivity contribution in [2.75, 3.05) is 36.4 Å². The SMILES string of the molecule is NC(=O)N1CCCC(C(=O)Nc2ccc3nc(N4CCCC4)sc3c2)C1. The molecule has 2 aliphatic rings. The van der Waals surface area contributed by atoms with Crippen molar-refractivity contribution in [3.63, 3.8) is 0 Å². The number of hydrogen-bond acceptors (Lipinski definition) is 5. The number of likely N-dealkylation sites (tertiary alicyclic amines) is 1. The summed E-state index contributed by atoms with van der Waals surface area (Å²) in [6, 6.07) is 5.38. The average molecular weight is 373 g/mol. The lowest BCUT2D eigenvalue weighted by molar-refractivity contribution is -0.121. The van der Waals surface area contributed by atoms with Crippen LogP contribution >= 0.6 is 11.3 Å². The fraction of sp³-hybridized carbons (Fsp3) is 0.500. The van der Waals surface area contributed by atoms with Crippen LogP contribution in [0.2, 0.25) is 0 Å². The molecule has 0 spiro atoms. The molecule has 2 fully saturated rings. The maximum Gasteiger partial charge on any atom is 0.314 e. The molecule has 0 aliphatic carbocycles. The van der Waals surface area contributed by atoms with Gasteiger partial charge in [-0.2, -0.15) is 0 Å². The van der Waals surface area contributed by atoms with Crippen molar-refractivity contribution in [2.45, 2.75) is 25.7 Å². The van der Waals surface area contributed by atoms with Gasteiger partial charge in [0.25, 0.3) is 0 Å². The standard InChI is InChI=1S/C18H23N5O2S/c19-17(25)23-9-3-4-12(11-23)16(24)20-13-5-6-14-15(10-13)26-18(21-14)22-7-1-2-8-22/h5-6,10,12H,1-4,7-9,11H2,(H2,19,25)(H,20,24). The maximum absolute atomic E-state index is 12.6. The quantitative estimate of drug-likeness (QED) is 0.865. The molecular formula is C18H23N5O2S. The summed E-state index contributed by atoms with van der Waals surface area (Å²) < 4.78 is 1.08. The molecule has 0 radical (unpaired) electrons. The number of aromatic nitrogens is 1. The molecule has 2 aliphatic heterocycles. The molecule has 3 heterocycles. The zero-order valence-electron chi connectivity index (χ0n) is 14.6. The van der Waals surface area contributed by atoms with Gasteiger partial charge < -0.3 is 20.9 Å². The molecule has 0 bridgehead atoms. The van der Waals surface area contributed by atoms with Gasteiger partial charge in [0.1, 0.15) is 0 Å². The number of nitrogens with zero attached hydrogens (tertiary/aromatic N) is 3. The lowest BCUT2D eigenvalue weighted by Crippen LogP contribution is -2.46. The van der Waals surface area contributed by atoms with E-state index >= 15 is 0 Å². The fourth-order valence-electron chi connectivity index (χ4n) is 3.67. The zero-order chi connectivity index (χ0) is 18.1. The molecule has 1 atom stereocenters. The number of rotatable bonds is 3. The third kappa shape index (κ3) is 3.46. The number of amides is 3. The summed E-state index contributed by atoms with van der Waals surface area (Å²) >= 11 is 1.67. The van der Waals surface area contributed by atoms with E-state index in [1.807, 2.05) is 18.2 Å². The predicted molar refractivity (Wildman–Crippen MR) is 104 cm³/mol. The molecule has 8 heteroatoms. The first-order valence-corrected chi connectivity index (χ1v) is 9.92. The summed E-state index contributed by atoms with van der Waals surface area (Å²) in [6.07, 6.45) is 4.02. The minimum Gasteiger partial charge on any atom is -0.351 e. The lowest BCUT2D eigenvalue weighted by Gasteiger charge is -2.30. The van der Waals surface area contributed by atoms with Crippen molar-refractivity contribution in [1.82, 2.24) is 9.88 Å². The van der Waals surface area contributed by atoms with Crippen LogP contribution in [0.3, 0.4) is 0 Å². The van der Waals surface area contributed by atoms with Crippen LogP contribution in [0.25, 0.3) is 10.2 Å². The Hall–Kier alpha value is -2.35. The average Bonchev–Trinajstić information content (AvgIpc) is 3.30. The molecule has 26 heavy (non-hydrogen) atoms. The highest BCUT2D eigenvalue weighted by atomic mass is 32.1. The van der Waals surface area contributed by atoms with Gasteiger partial charge in [-0.25, -0.2) is 9.78 Å². The smallest absolute Gasteiger partial charge is 0.314 e. The Balaban J connectivity index is 1.46. The fourth-order valence-corrected chi connectivity index (χ4v) is 4.73. The summed E-state index contributed by atoms with van der Waals surface area (Å²) in [4.78, 5) is 32.5. The van der Waals surface area contributed by atoms with Crippen molar-refractivity contribution in [3.05, 3.63) is 18.2 Å². The summed E-state index contributed by atoms with van der Waals surface area (Å²) in [6.45, 7) is 3.16. The highest BCUT2D eigenvalue weighted by Crippen LogP contribution is 2.32. The van der Waals surface area contributed by atoms with Crippen LogP contribution in [-0.2, 0) is 4.79 Å². The number of hydrogen-bond donors (Lipinski definition) is 2. The van der Waals surface area contributed by atoms with Crippen LogP contribution in [0.1, 0.15) is 25.7 Å². The van der Waals surface area contributed by atoms with E-state index in [0.717, 1.165) is 47.0 Å². The van der Waals surface area contributed by atoms with E-state index in [1.165, 1.54) is 12.8 Å². The first kappa shape index (κ1) is 17.1. The van der Waals surface area contributed by atoms with E-state index in [1.54, 1.807) is 16.2 Å². The number of nitrogens with one attached hydrogen (secondary N) is 1. The Morgan fingerprint density at radius 2 is 2.00 bits per heavy atom. The number of urea groups is 1. The predicted octanol–water partition coefficient (Wildman–Crippen LogP) is 2.63. The van der Waals surface area contributed by atoms with Crippen LogP contribution in [0, 0.1) is 5.92 Å². The van der Waals surface area contributed by atoms with Gasteiger partial charge in [-0.1, -0.05) is 11.3 Å². The van der Waals surface area contributed by atoms with Gasteiger partial charge in [0.15, 0.2) is 5.13 Å². The van der Waals surface area contributed by atoms with Crippen LogP contribution in [-0.4, -0.2) is 48.0 Å². The molecule has 1 aromatic heterocycles. The summed E-state index contributed by atoms with van der Waals surface area (Å²) in [5.41, 5.74) is 7.08. The number of thiazole rings is 1. The highest BCUT2D eigenvalue weighted by Gasteiger charge is 2.27. The maximum atomic E-state index is 12.6. The molecule has 7 nitrogen and oxygen atoms in total. The van der Waals surface area contributed by atoms with Crippen molar-refractivity contribution in [2.24, 2.45) is 11.7 Å². The monoisotopic (exact) mass is 373 g/mol. The number of carbonyl (C=O) groups excluding carboxylic acids is 2. The molecule has 2 aromatic rings. The molecule has 0 saturated carbocycles. The Kier molecular flexibility index (Phi) is 4.67. The molecule has 3 amide bonds. The van der Waals surface area contributed by atoms with E-state index in [4.69, 9.17) is 10.7 Å². The topological polar surface area (TPSA) is 91.6 Å². The summed E-state index contributed by atoms with van der Waals surface area (Å²) in [5.74, 6) is -0.270. The van der Waals surface area contributed by atoms with Gasteiger partial charge in [-0.3, -0.25) is 4.79 Å². The number of nitrogens with two attached hydrogens (primary N) is 1. The number of fused-ring (bicyclic) bond motifs is 1. The van der Waals surface area contributed by atoms with Crippen LogP contribution in [0.4, 0.5) is 15.6 Å². The Labute approximate surface area is 156 Å². The Morgan fingerprint density at radius 1 is 1.19 bits per heavy atom. The summed E-state index contributed by atoms with van der Waals surface area (Å²) in [5, 5.41) is 4.05. The van der Waals surface area contributed by atoms with Crippen molar-refractivity contribution >= 4 is 44.3 Å². The molecule has 4 rings (SSSR count). The van der Waals surface area contributed by atoms with Crippen molar-refractivity contribution in [3.8, 4) is 0 Å². The van der Waals surface area contributed by atoms with E-state index < -0.39 is 6.03 Å². The van der Waals surface area contributed by atoms with Crippen LogP contribution in [0.15, 0.2) is 18.2 Å². The first-order valence-electron chi connectivity index (χ1n) is 9.11. The van der Waals surface area contributed by atoms with Gasteiger partial charge in [0.05, 0.1) is 16.1 Å². The molecule has 138 valence electrons. The molecule has 1 unspecified atom stereocenters. The van der Waals surface area contributed by atoms with Gasteiger partial charge in [-0.15, -0.1) is 0 Å². The van der Waals surface area contributed by atoms with E-state index in [-0.39, 0.29) is 11.8 Å². The minimum atomic E-state index is -0.456. The van der Waals surface area contributed by atoms with Gasteiger partial charge in [-0.05, 0) is 43.9 Å². The third-order valence-electron chi connectivity index (χ3n) is 5.13. The third-order valence-corrected chi connectivity index (χ3v) is 6.20. The summed E-state index contributed by atoms with van der Waals surface area (Å²) in [7, 11) is 0. The molecule has 3 N–H and O–H groups in total. The second-order valence-electron chi connectivity index (χ2n) is 6.99. The Bertz CT molecular complexity index is 830. The van der Waals surface area contributed by atoms with Crippen molar-refractivity contribution < 1.29 is 9.59 Å². The number of anilines is 2. The highest BCUT2D eigenvalue weighted by molar-refractivity contribution is 7.22. The zero-order valence-corrected chi connectivity index (χ0v) is 15.4. The molecule has 1 aromatic carbocycles. The van der Waals surface area contributed by atoms with E-state index in [9.17, 15) is 9.59 Å². The second kappa shape index (κ2) is 7.11. The van der Waals surface area contributed by atoms with Crippen LogP contribution < -0.4 is 16.0 Å². The van der Waals surface area contributed by atoms with Crippen LogP contribution in [0.5, 0.6) is 0 Å². The van der Waals surface area contributed by atoms with Gasteiger partial charge in [0, 0.05) is 31.9 Å². The van der Waals surface area contributed by atoms with Crippen molar-refractivity contribution in [1.29, 1.82) is 0 Å².